The zero-order valence-electron chi connectivity index (χ0n) is 17.8. The van der Waals surface area contributed by atoms with E-state index in [-0.39, 0.29) is 0 Å². The molecule has 0 unspecified atom stereocenters. The van der Waals surface area contributed by atoms with Gasteiger partial charge in [0.1, 0.15) is 11.6 Å². The van der Waals surface area contributed by atoms with Crippen molar-refractivity contribution in [3.63, 3.8) is 0 Å². The van der Waals surface area contributed by atoms with Crippen molar-refractivity contribution >= 4 is 11.8 Å². The van der Waals surface area contributed by atoms with Gasteiger partial charge in [-0.1, -0.05) is 31.9 Å². The molecular weight excluding hydrogens is 350 g/mol. The van der Waals surface area contributed by atoms with Crippen molar-refractivity contribution < 1.29 is 4.74 Å². The number of unbranched alkanes of at least 4 members (excludes halogenated alkanes) is 2. The van der Waals surface area contributed by atoms with Gasteiger partial charge < -0.3 is 20.7 Å². The second kappa shape index (κ2) is 11.5. The number of nitrogen functional groups attached to an aromatic ring is 1. The first-order valence-electron chi connectivity index (χ1n) is 10.2. The first-order chi connectivity index (χ1) is 13.5. The van der Waals surface area contributed by atoms with Crippen molar-refractivity contribution in [2.45, 2.75) is 46.0 Å². The van der Waals surface area contributed by atoms with E-state index >= 15 is 0 Å². The minimum absolute atomic E-state index is 0.317. The second-order valence-electron chi connectivity index (χ2n) is 7.46. The van der Waals surface area contributed by atoms with Gasteiger partial charge in [-0.15, -0.1) is 0 Å². The molecule has 28 heavy (non-hydrogen) atoms. The Labute approximate surface area is 169 Å². The number of hydrogen-bond acceptors (Lipinski definition) is 6. The van der Waals surface area contributed by atoms with E-state index in [1.807, 2.05) is 19.1 Å². The zero-order chi connectivity index (χ0) is 20.4. The van der Waals surface area contributed by atoms with Gasteiger partial charge in [-0.05, 0) is 51.6 Å². The third kappa shape index (κ3) is 7.35. The number of nitrogens with zero attached hydrogens (tertiary/aromatic N) is 3. The number of aryl methyl sites for hydroxylation is 1. The summed E-state index contributed by atoms with van der Waals surface area (Å²) in [5, 5.41) is 3.45. The second-order valence-corrected chi connectivity index (χ2v) is 7.46. The summed E-state index contributed by atoms with van der Waals surface area (Å²) in [5.41, 5.74) is 9.07. The molecule has 0 radical (unpaired) electrons. The van der Waals surface area contributed by atoms with Gasteiger partial charge >= 0.3 is 0 Å². The monoisotopic (exact) mass is 385 g/mol. The number of ether oxygens (including phenoxy) is 1. The highest BCUT2D eigenvalue weighted by Gasteiger charge is 2.12. The summed E-state index contributed by atoms with van der Waals surface area (Å²) in [7, 11) is 4.15. The number of nitrogens with two attached hydrogens (primary N) is 1. The number of benzene rings is 1. The van der Waals surface area contributed by atoms with Crippen LogP contribution in [0.1, 0.15) is 49.4 Å². The first-order valence-corrected chi connectivity index (χ1v) is 10.2. The van der Waals surface area contributed by atoms with Crippen molar-refractivity contribution in [3.05, 3.63) is 41.1 Å². The Kier molecular flexibility index (Phi) is 9.01. The summed E-state index contributed by atoms with van der Waals surface area (Å²) >= 11 is 0. The van der Waals surface area contributed by atoms with Crippen LogP contribution in [0.2, 0.25) is 0 Å². The van der Waals surface area contributed by atoms with Crippen LogP contribution in [0.4, 0.5) is 11.8 Å². The molecule has 0 amide bonds. The Morgan fingerprint density at radius 3 is 2.71 bits per heavy atom. The summed E-state index contributed by atoms with van der Waals surface area (Å²) in [4.78, 5) is 11.0. The lowest BCUT2D eigenvalue weighted by Gasteiger charge is -2.15. The number of aromatic nitrogens is 2. The molecule has 0 bridgehead atoms. The van der Waals surface area contributed by atoms with Crippen LogP contribution < -0.4 is 15.8 Å². The van der Waals surface area contributed by atoms with Crippen LogP contribution in [-0.4, -0.2) is 48.7 Å². The van der Waals surface area contributed by atoms with E-state index in [4.69, 9.17) is 10.5 Å². The topological polar surface area (TPSA) is 76.3 Å². The summed E-state index contributed by atoms with van der Waals surface area (Å²) in [6.45, 7) is 6.83. The average Bonchev–Trinajstić information content (AvgIpc) is 2.65. The molecule has 6 nitrogen and oxygen atoms in total. The fraction of sp³-hybridized carbons (Fsp3) is 0.545. The molecule has 0 saturated heterocycles. The van der Waals surface area contributed by atoms with Gasteiger partial charge in [0.25, 0.3) is 0 Å². The molecule has 1 aromatic heterocycles. The molecule has 0 aliphatic rings. The Balaban J connectivity index is 2.06. The highest BCUT2D eigenvalue weighted by atomic mass is 16.5. The minimum Gasteiger partial charge on any atom is -0.494 e. The van der Waals surface area contributed by atoms with Crippen molar-refractivity contribution in [2.24, 2.45) is 0 Å². The van der Waals surface area contributed by atoms with E-state index in [0.717, 1.165) is 61.8 Å². The van der Waals surface area contributed by atoms with Crippen LogP contribution in [-0.2, 0) is 6.42 Å². The summed E-state index contributed by atoms with van der Waals surface area (Å²) in [5.74, 6) is 2.07. The average molecular weight is 386 g/mol. The van der Waals surface area contributed by atoms with E-state index < -0.39 is 0 Å². The Morgan fingerprint density at radius 2 is 1.96 bits per heavy atom. The van der Waals surface area contributed by atoms with E-state index in [1.165, 1.54) is 18.4 Å². The lowest BCUT2D eigenvalue weighted by Crippen LogP contribution is -2.15. The molecule has 154 valence electrons. The third-order valence-corrected chi connectivity index (χ3v) is 4.60. The van der Waals surface area contributed by atoms with E-state index in [2.05, 4.69) is 53.3 Å². The van der Waals surface area contributed by atoms with Crippen molar-refractivity contribution in [1.29, 1.82) is 0 Å². The summed E-state index contributed by atoms with van der Waals surface area (Å²) < 4.78 is 5.91. The molecule has 0 spiro atoms. The lowest BCUT2D eigenvalue weighted by atomic mass is 10.0. The maximum absolute atomic E-state index is 5.91. The molecule has 0 atom stereocenters. The minimum atomic E-state index is 0.317. The summed E-state index contributed by atoms with van der Waals surface area (Å²) in [6, 6.07) is 8.27. The van der Waals surface area contributed by atoms with Gasteiger partial charge in [0.2, 0.25) is 5.95 Å². The fourth-order valence-corrected chi connectivity index (χ4v) is 3.08. The van der Waals surface area contributed by atoms with Crippen LogP contribution in [0, 0.1) is 6.92 Å². The Bertz CT molecular complexity index is 733. The van der Waals surface area contributed by atoms with Crippen LogP contribution in [0.5, 0.6) is 5.75 Å². The maximum Gasteiger partial charge on any atom is 0.222 e. The molecule has 0 aliphatic heterocycles. The first kappa shape index (κ1) is 22.0. The Hall–Kier alpha value is -2.34. The SMILES string of the molecule is CCCCCNc1nc(N)nc(C)c1Cc1cccc(OCCCN(C)C)c1. The van der Waals surface area contributed by atoms with Crippen LogP contribution in [0.25, 0.3) is 0 Å². The van der Waals surface area contributed by atoms with Gasteiger partial charge in [0.05, 0.1) is 6.61 Å². The molecule has 2 rings (SSSR count). The maximum atomic E-state index is 5.91. The Morgan fingerprint density at radius 1 is 1.14 bits per heavy atom. The highest BCUT2D eigenvalue weighted by Crippen LogP contribution is 2.23. The predicted octanol–water partition coefficient (Wildman–Crippen LogP) is 3.89. The molecule has 0 fully saturated rings. The standard InChI is InChI=1S/C22H35N5O/c1-5-6-7-12-24-21-20(17(2)25-22(23)26-21)16-18-10-8-11-19(15-18)28-14-9-13-27(3)4/h8,10-11,15H,5-7,9,12-14,16H2,1-4H3,(H3,23,24,25,26). The van der Waals surface area contributed by atoms with Crippen molar-refractivity contribution in [3.8, 4) is 5.75 Å². The molecule has 6 heteroatoms. The number of nitrogens with one attached hydrogen (secondary N) is 1. The predicted molar refractivity (Wildman–Crippen MR) is 117 cm³/mol. The van der Waals surface area contributed by atoms with Crippen molar-refractivity contribution in [1.82, 2.24) is 14.9 Å². The van der Waals surface area contributed by atoms with Gasteiger partial charge in [-0.2, -0.15) is 4.98 Å². The normalized spacial score (nSPS) is 11.0. The number of hydrogen-bond donors (Lipinski definition) is 2. The van der Waals surface area contributed by atoms with Crippen LogP contribution in [0.3, 0.4) is 0 Å². The fourth-order valence-electron chi connectivity index (χ4n) is 3.08. The molecular formula is C22H35N5O. The van der Waals surface area contributed by atoms with E-state index in [0.29, 0.717) is 5.95 Å². The smallest absolute Gasteiger partial charge is 0.222 e. The zero-order valence-corrected chi connectivity index (χ0v) is 17.8. The van der Waals surface area contributed by atoms with Crippen molar-refractivity contribution in [2.75, 3.05) is 44.8 Å². The van der Waals surface area contributed by atoms with Gasteiger partial charge in [0, 0.05) is 30.8 Å². The molecule has 3 N–H and O–H groups in total. The van der Waals surface area contributed by atoms with Crippen LogP contribution >= 0.6 is 0 Å². The van der Waals surface area contributed by atoms with Crippen LogP contribution in [0.15, 0.2) is 24.3 Å². The van der Waals surface area contributed by atoms with Gasteiger partial charge in [-0.3, -0.25) is 0 Å². The summed E-state index contributed by atoms with van der Waals surface area (Å²) in [6.07, 6.45) is 5.27. The highest BCUT2D eigenvalue weighted by molar-refractivity contribution is 5.51. The number of anilines is 2. The quantitative estimate of drug-likeness (QED) is 0.540. The van der Waals surface area contributed by atoms with E-state index in [9.17, 15) is 0 Å². The molecule has 1 heterocycles. The molecule has 0 saturated carbocycles. The largest absolute Gasteiger partial charge is 0.494 e. The van der Waals surface area contributed by atoms with E-state index in [1.54, 1.807) is 0 Å². The molecule has 0 aliphatic carbocycles. The molecule has 2 aromatic rings. The van der Waals surface area contributed by atoms with Gasteiger partial charge in [0.15, 0.2) is 0 Å². The third-order valence-electron chi connectivity index (χ3n) is 4.60. The van der Waals surface area contributed by atoms with Gasteiger partial charge in [-0.25, -0.2) is 4.98 Å². The lowest BCUT2D eigenvalue weighted by molar-refractivity contribution is 0.281. The number of rotatable bonds is 12. The molecule has 1 aromatic carbocycles.